The summed E-state index contributed by atoms with van der Waals surface area (Å²) in [7, 11) is -3.84. The van der Waals surface area contributed by atoms with Crippen molar-refractivity contribution in [3.63, 3.8) is 0 Å². The van der Waals surface area contributed by atoms with Crippen LogP contribution in [0.2, 0.25) is 0 Å². The Morgan fingerprint density at radius 1 is 1.29 bits per heavy atom. The molecule has 1 aliphatic heterocycles. The summed E-state index contributed by atoms with van der Waals surface area (Å²) < 4.78 is 23.0. The first-order valence-electron chi connectivity index (χ1n) is 4.68. The van der Waals surface area contributed by atoms with Crippen LogP contribution in [0.1, 0.15) is 5.56 Å². The molecule has 0 amide bonds. The number of hydrogen-bond donors (Lipinski definition) is 2. The summed E-state index contributed by atoms with van der Waals surface area (Å²) in [5.41, 5.74) is 6.96. The van der Waals surface area contributed by atoms with Crippen LogP contribution >= 0.6 is 0 Å². The maximum Gasteiger partial charge on any atom is 0.347 e. The second kappa shape index (κ2) is 3.74. The van der Waals surface area contributed by atoms with Gasteiger partial charge in [-0.1, -0.05) is 12.1 Å². The monoisotopic (exact) mass is 251 g/mol. The Bertz CT molecular complexity index is 656. The third-order valence-corrected chi connectivity index (χ3v) is 3.78. The molecule has 0 bridgehead atoms. The van der Waals surface area contributed by atoms with E-state index in [2.05, 4.69) is 0 Å². The van der Waals surface area contributed by atoms with Crippen molar-refractivity contribution < 1.29 is 18.3 Å². The Morgan fingerprint density at radius 3 is 2.53 bits per heavy atom. The van der Waals surface area contributed by atoms with Crippen molar-refractivity contribution in [2.75, 3.05) is 5.73 Å². The molecule has 1 aliphatic rings. The molecule has 0 atom stereocenters. The maximum absolute atomic E-state index is 11.5. The number of hydrogen-bond acceptors (Lipinski definition) is 4. The van der Waals surface area contributed by atoms with E-state index in [1.54, 1.807) is 24.3 Å². The lowest BCUT2D eigenvalue weighted by Crippen LogP contribution is -2.07. The van der Waals surface area contributed by atoms with Crippen LogP contribution in [-0.2, 0) is 14.6 Å². The third-order valence-electron chi connectivity index (χ3n) is 2.31. The van der Waals surface area contributed by atoms with Gasteiger partial charge in [-0.15, -0.1) is 0 Å². The predicted octanol–water partition coefficient (Wildman–Crippen LogP) is 1.01. The number of carboxylic acid groups (broad SMARTS) is 1. The lowest BCUT2D eigenvalue weighted by Gasteiger charge is -1.99. The van der Waals surface area contributed by atoms with E-state index in [0.717, 1.165) is 11.5 Å². The van der Waals surface area contributed by atoms with Crippen molar-refractivity contribution in [3.05, 3.63) is 46.2 Å². The molecule has 88 valence electrons. The third kappa shape index (κ3) is 2.07. The Balaban J connectivity index is 2.54. The number of nitrogens with two attached hydrogens (primary N) is 1. The molecule has 1 heterocycles. The zero-order valence-electron chi connectivity index (χ0n) is 8.62. The molecule has 17 heavy (non-hydrogen) atoms. The average molecular weight is 251 g/mol. The summed E-state index contributed by atoms with van der Waals surface area (Å²) in [6.07, 6.45) is 1.13. The van der Waals surface area contributed by atoms with Gasteiger partial charge in [0.05, 0.1) is 0 Å². The maximum atomic E-state index is 11.5. The van der Waals surface area contributed by atoms with E-state index >= 15 is 0 Å². The molecule has 0 saturated heterocycles. The fraction of sp³-hybridized carbons (Fsp3) is 0. The zero-order chi connectivity index (χ0) is 12.6. The molecule has 0 aliphatic carbocycles. The van der Waals surface area contributed by atoms with Gasteiger partial charge < -0.3 is 10.8 Å². The van der Waals surface area contributed by atoms with Crippen LogP contribution in [0.15, 0.2) is 40.7 Å². The van der Waals surface area contributed by atoms with E-state index in [1.807, 2.05) is 0 Å². The Hall–Kier alpha value is -2.08. The van der Waals surface area contributed by atoms with Crippen LogP contribution in [0.4, 0.5) is 5.69 Å². The summed E-state index contributed by atoms with van der Waals surface area (Å²) in [6.45, 7) is 0. The second-order valence-electron chi connectivity index (χ2n) is 3.56. The minimum Gasteiger partial charge on any atom is -0.477 e. The lowest BCUT2D eigenvalue weighted by molar-refractivity contribution is -0.131. The SMILES string of the molecule is Nc1cccc(C2=CS(=O)(=O)C(C(=O)O)=C2)c1. The number of carbonyl (C=O) groups is 1. The highest BCUT2D eigenvalue weighted by atomic mass is 32.2. The Kier molecular flexibility index (Phi) is 2.51. The molecule has 0 aromatic heterocycles. The molecule has 0 saturated carbocycles. The minimum atomic E-state index is -3.84. The lowest BCUT2D eigenvalue weighted by atomic mass is 10.1. The van der Waals surface area contributed by atoms with Crippen LogP contribution in [0.25, 0.3) is 5.57 Å². The summed E-state index contributed by atoms with van der Waals surface area (Å²) in [5.74, 6) is -1.46. The van der Waals surface area contributed by atoms with Crippen molar-refractivity contribution in [1.82, 2.24) is 0 Å². The van der Waals surface area contributed by atoms with E-state index in [4.69, 9.17) is 10.8 Å². The molecule has 0 radical (unpaired) electrons. The molecule has 0 fully saturated rings. The van der Waals surface area contributed by atoms with Crippen molar-refractivity contribution in [2.24, 2.45) is 0 Å². The highest BCUT2D eigenvalue weighted by molar-refractivity contribution is 7.99. The number of allylic oxidation sites excluding steroid dienone is 2. The molecule has 6 heteroatoms. The largest absolute Gasteiger partial charge is 0.477 e. The smallest absolute Gasteiger partial charge is 0.347 e. The summed E-state index contributed by atoms with van der Waals surface area (Å²) >= 11 is 0. The molecule has 3 N–H and O–H groups in total. The van der Waals surface area contributed by atoms with Gasteiger partial charge in [0.25, 0.3) is 0 Å². The summed E-state index contributed by atoms with van der Waals surface area (Å²) in [4.78, 5) is 10.1. The standard InChI is InChI=1S/C11H9NO4S/c12-9-3-1-2-7(4-9)8-5-10(11(13)14)17(15,16)6-8/h1-6H,12H2,(H,13,14). The zero-order valence-corrected chi connectivity index (χ0v) is 9.44. The van der Waals surface area contributed by atoms with E-state index < -0.39 is 20.7 Å². The number of anilines is 1. The van der Waals surface area contributed by atoms with Gasteiger partial charge in [-0.05, 0) is 29.3 Å². The summed E-state index contributed by atoms with van der Waals surface area (Å²) in [6, 6.07) is 6.59. The first-order chi connectivity index (χ1) is 7.90. The van der Waals surface area contributed by atoms with Gasteiger partial charge in [-0.2, -0.15) is 0 Å². The number of rotatable bonds is 2. The van der Waals surface area contributed by atoms with Crippen LogP contribution in [-0.4, -0.2) is 19.5 Å². The normalized spacial score (nSPS) is 17.4. The fourth-order valence-electron chi connectivity index (χ4n) is 1.54. The van der Waals surface area contributed by atoms with Crippen LogP contribution in [0.5, 0.6) is 0 Å². The van der Waals surface area contributed by atoms with Gasteiger partial charge in [0.1, 0.15) is 0 Å². The van der Waals surface area contributed by atoms with Crippen molar-refractivity contribution in [1.29, 1.82) is 0 Å². The second-order valence-corrected chi connectivity index (χ2v) is 5.32. The van der Waals surface area contributed by atoms with Crippen LogP contribution < -0.4 is 5.73 Å². The highest BCUT2D eigenvalue weighted by Gasteiger charge is 2.28. The number of sulfone groups is 1. The average Bonchev–Trinajstić information content (AvgIpc) is 2.54. The molecular weight excluding hydrogens is 242 g/mol. The first kappa shape index (κ1) is 11.4. The molecule has 5 nitrogen and oxygen atoms in total. The Labute approximate surface area is 97.8 Å². The fourth-order valence-corrected chi connectivity index (χ4v) is 2.74. The van der Waals surface area contributed by atoms with Crippen molar-refractivity contribution >= 4 is 27.1 Å². The number of benzene rings is 1. The highest BCUT2D eigenvalue weighted by Crippen LogP contribution is 2.29. The summed E-state index contributed by atoms with van der Waals surface area (Å²) in [5, 5.41) is 9.70. The molecule has 0 unspecified atom stereocenters. The topological polar surface area (TPSA) is 97.5 Å². The number of carboxylic acids is 1. The van der Waals surface area contributed by atoms with Gasteiger partial charge in [0.2, 0.25) is 9.84 Å². The quantitative estimate of drug-likeness (QED) is 0.764. The Morgan fingerprint density at radius 2 is 2.00 bits per heavy atom. The molecule has 2 rings (SSSR count). The molecule has 1 aromatic carbocycles. The van der Waals surface area contributed by atoms with E-state index in [0.29, 0.717) is 16.8 Å². The van der Waals surface area contributed by atoms with Gasteiger partial charge >= 0.3 is 5.97 Å². The molecule has 0 spiro atoms. The van der Waals surface area contributed by atoms with E-state index in [9.17, 15) is 13.2 Å². The van der Waals surface area contributed by atoms with Crippen LogP contribution in [0, 0.1) is 0 Å². The molecular formula is C11H9NO4S. The minimum absolute atomic E-state index is 0.328. The predicted molar refractivity (Wildman–Crippen MR) is 63.5 cm³/mol. The van der Waals surface area contributed by atoms with Gasteiger partial charge in [-0.3, -0.25) is 0 Å². The van der Waals surface area contributed by atoms with E-state index in [1.165, 1.54) is 0 Å². The number of nitrogen functional groups attached to an aromatic ring is 1. The van der Waals surface area contributed by atoms with Crippen LogP contribution in [0.3, 0.4) is 0 Å². The van der Waals surface area contributed by atoms with Gasteiger partial charge in [-0.25, -0.2) is 13.2 Å². The van der Waals surface area contributed by atoms with Gasteiger partial charge in [0, 0.05) is 11.1 Å². The van der Waals surface area contributed by atoms with Crippen molar-refractivity contribution in [2.45, 2.75) is 0 Å². The molecule has 1 aromatic rings. The van der Waals surface area contributed by atoms with Crippen molar-refractivity contribution in [3.8, 4) is 0 Å². The van der Waals surface area contributed by atoms with Gasteiger partial charge in [0.15, 0.2) is 4.91 Å². The number of aliphatic carboxylic acids is 1. The first-order valence-corrected chi connectivity index (χ1v) is 6.22. The van der Waals surface area contributed by atoms with E-state index in [-0.39, 0.29) is 0 Å².